The number of rotatable bonds is 4. The lowest BCUT2D eigenvalue weighted by Gasteiger charge is -2.26. The van der Waals surface area contributed by atoms with Crippen molar-refractivity contribution in [1.29, 1.82) is 0 Å². The van der Waals surface area contributed by atoms with Gasteiger partial charge in [-0.15, -0.1) is 0 Å². The molecule has 1 amide bonds. The summed E-state index contributed by atoms with van der Waals surface area (Å²) in [6.07, 6.45) is 3.22. The highest BCUT2D eigenvalue weighted by atomic mass is 35.5. The van der Waals surface area contributed by atoms with Crippen LogP contribution in [0.3, 0.4) is 0 Å². The van der Waals surface area contributed by atoms with Gasteiger partial charge in [0.05, 0.1) is 9.95 Å². The van der Waals surface area contributed by atoms with Crippen molar-refractivity contribution in [1.82, 2.24) is 4.90 Å². The topological polar surface area (TPSA) is 72.7 Å². The van der Waals surface area contributed by atoms with Crippen molar-refractivity contribution in [3.8, 4) is 11.5 Å². The van der Waals surface area contributed by atoms with E-state index in [2.05, 4.69) is 0 Å². The molecule has 130 valence electrons. The molecule has 0 atom stereocenters. The molecule has 6 nitrogen and oxygen atoms in total. The number of carbonyl (C=O) groups is 1. The van der Waals surface area contributed by atoms with Gasteiger partial charge < -0.3 is 9.64 Å². The predicted octanol–water partition coefficient (Wildman–Crippen LogP) is 4.67. The number of carbonyl (C=O) groups excluding carboxylic acids is 1. The number of ether oxygens (including phenoxy) is 1. The molecule has 2 aromatic carbocycles. The molecule has 2 aromatic rings. The number of nitro benzene ring substituents is 1. The Morgan fingerprint density at radius 3 is 2.40 bits per heavy atom. The van der Waals surface area contributed by atoms with E-state index in [1.54, 1.807) is 24.3 Å². The Kier molecular flexibility index (Phi) is 5.19. The molecule has 0 aliphatic carbocycles. The quantitative estimate of drug-likeness (QED) is 0.586. The Balaban J connectivity index is 1.77. The highest BCUT2D eigenvalue weighted by Gasteiger charge is 2.20. The van der Waals surface area contributed by atoms with Gasteiger partial charge >= 0.3 is 5.69 Å². The molecule has 1 heterocycles. The van der Waals surface area contributed by atoms with Crippen molar-refractivity contribution >= 4 is 23.2 Å². The number of piperidine rings is 1. The molecule has 0 unspecified atom stereocenters. The summed E-state index contributed by atoms with van der Waals surface area (Å²) < 4.78 is 5.58. The molecule has 0 saturated carbocycles. The molecule has 1 aliphatic heterocycles. The molecule has 3 rings (SSSR count). The number of benzene rings is 2. The zero-order valence-corrected chi connectivity index (χ0v) is 14.2. The molecule has 0 N–H and O–H groups in total. The van der Waals surface area contributed by atoms with Crippen LogP contribution in [0.1, 0.15) is 29.6 Å². The maximum absolute atomic E-state index is 12.4. The number of nitrogens with zero attached hydrogens (tertiary/aromatic N) is 2. The average molecular weight is 361 g/mol. The van der Waals surface area contributed by atoms with E-state index >= 15 is 0 Å². The van der Waals surface area contributed by atoms with E-state index in [1.807, 2.05) is 4.90 Å². The molecule has 1 saturated heterocycles. The number of hydrogen-bond donors (Lipinski definition) is 0. The maximum Gasteiger partial charge on any atom is 0.313 e. The Labute approximate surface area is 150 Å². The van der Waals surface area contributed by atoms with Crippen LogP contribution in [-0.2, 0) is 0 Å². The molecule has 1 aliphatic rings. The second kappa shape index (κ2) is 7.53. The molecule has 0 radical (unpaired) electrons. The number of amides is 1. The second-order valence-electron chi connectivity index (χ2n) is 5.82. The van der Waals surface area contributed by atoms with Crippen LogP contribution < -0.4 is 4.74 Å². The summed E-state index contributed by atoms with van der Waals surface area (Å²) in [7, 11) is 0. The van der Waals surface area contributed by atoms with Gasteiger partial charge in [-0.1, -0.05) is 17.7 Å². The standard InChI is InChI=1S/C18H17ClN2O4/c19-15-5-4-6-16(21(23)24)17(15)25-14-9-7-13(8-10-14)18(22)20-11-2-1-3-12-20/h4-10H,1-3,11-12H2. The lowest BCUT2D eigenvalue weighted by Crippen LogP contribution is -2.35. The fourth-order valence-corrected chi connectivity index (χ4v) is 3.01. The third-order valence-corrected chi connectivity index (χ3v) is 4.40. The highest BCUT2D eigenvalue weighted by Crippen LogP contribution is 2.37. The normalized spacial score (nSPS) is 14.2. The van der Waals surface area contributed by atoms with Gasteiger partial charge in [0, 0.05) is 24.7 Å². The number of para-hydroxylation sites is 1. The van der Waals surface area contributed by atoms with Gasteiger partial charge in [0.1, 0.15) is 5.75 Å². The molecular formula is C18H17ClN2O4. The lowest BCUT2D eigenvalue weighted by molar-refractivity contribution is -0.385. The number of nitro groups is 1. The summed E-state index contributed by atoms with van der Waals surface area (Å²) in [5.74, 6) is 0.366. The second-order valence-corrected chi connectivity index (χ2v) is 6.23. The molecule has 1 fully saturated rings. The van der Waals surface area contributed by atoms with Crippen LogP contribution >= 0.6 is 11.6 Å². The largest absolute Gasteiger partial charge is 0.449 e. The van der Waals surface area contributed by atoms with Crippen molar-refractivity contribution < 1.29 is 14.5 Å². The van der Waals surface area contributed by atoms with Gasteiger partial charge in [0.15, 0.2) is 0 Å². The number of hydrogen-bond acceptors (Lipinski definition) is 4. The molecular weight excluding hydrogens is 344 g/mol. The molecule has 0 bridgehead atoms. The molecule has 7 heteroatoms. The van der Waals surface area contributed by atoms with Crippen molar-refractivity contribution in [2.24, 2.45) is 0 Å². The van der Waals surface area contributed by atoms with Crippen LogP contribution in [0, 0.1) is 10.1 Å². The zero-order valence-electron chi connectivity index (χ0n) is 13.5. The van der Waals surface area contributed by atoms with Gasteiger partial charge in [0.25, 0.3) is 5.91 Å². The van der Waals surface area contributed by atoms with E-state index in [0.29, 0.717) is 11.3 Å². The first kappa shape index (κ1) is 17.2. The highest BCUT2D eigenvalue weighted by molar-refractivity contribution is 6.32. The van der Waals surface area contributed by atoms with Crippen LogP contribution in [-0.4, -0.2) is 28.8 Å². The van der Waals surface area contributed by atoms with Crippen LogP contribution in [0.5, 0.6) is 11.5 Å². The third-order valence-electron chi connectivity index (χ3n) is 4.11. The summed E-state index contributed by atoms with van der Waals surface area (Å²) in [4.78, 5) is 24.8. The Bertz CT molecular complexity index is 786. The minimum atomic E-state index is -0.546. The molecule has 0 spiro atoms. The van der Waals surface area contributed by atoms with Gasteiger partial charge in [-0.2, -0.15) is 0 Å². The first-order chi connectivity index (χ1) is 12.1. The van der Waals surface area contributed by atoms with Crippen molar-refractivity contribution in [2.45, 2.75) is 19.3 Å². The summed E-state index contributed by atoms with van der Waals surface area (Å²) in [6.45, 7) is 1.56. The van der Waals surface area contributed by atoms with Crippen LogP contribution in [0.25, 0.3) is 0 Å². The van der Waals surface area contributed by atoms with Crippen molar-refractivity contribution in [3.63, 3.8) is 0 Å². The van der Waals surface area contributed by atoms with Gasteiger partial charge in [-0.05, 0) is 49.6 Å². The molecule has 0 aromatic heterocycles. The smallest absolute Gasteiger partial charge is 0.313 e. The van der Waals surface area contributed by atoms with Gasteiger partial charge in [-0.25, -0.2) is 0 Å². The van der Waals surface area contributed by atoms with E-state index in [0.717, 1.165) is 32.4 Å². The summed E-state index contributed by atoms with van der Waals surface area (Å²) >= 11 is 6.02. The number of likely N-dealkylation sites (tertiary alicyclic amines) is 1. The molecule has 25 heavy (non-hydrogen) atoms. The van der Waals surface area contributed by atoms with E-state index < -0.39 is 4.92 Å². The summed E-state index contributed by atoms with van der Waals surface area (Å²) in [5, 5.41) is 11.3. The Morgan fingerprint density at radius 1 is 1.08 bits per heavy atom. The SMILES string of the molecule is O=C(c1ccc(Oc2c(Cl)cccc2[N+](=O)[O-])cc1)N1CCCCC1. The van der Waals surface area contributed by atoms with Crippen LogP contribution in [0.2, 0.25) is 5.02 Å². The third kappa shape index (κ3) is 3.91. The van der Waals surface area contributed by atoms with E-state index in [4.69, 9.17) is 16.3 Å². The Hall–Kier alpha value is -2.60. The maximum atomic E-state index is 12.4. The fourth-order valence-electron chi connectivity index (χ4n) is 2.81. The van der Waals surface area contributed by atoms with Crippen LogP contribution in [0.15, 0.2) is 42.5 Å². The minimum Gasteiger partial charge on any atom is -0.449 e. The zero-order chi connectivity index (χ0) is 17.8. The van der Waals surface area contributed by atoms with Gasteiger partial charge in [-0.3, -0.25) is 14.9 Å². The van der Waals surface area contributed by atoms with E-state index in [9.17, 15) is 14.9 Å². The average Bonchev–Trinajstić information content (AvgIpc) is 2.64. The first-order valence-electron chi connectivity index (χ1n) is 8.06. The first-order valence-corrected chi connectivity index (χ1v) is 8.44. The van der Waals surface area contributed by atoms with Crippen molar-refractivity contribution in [2.75, 3.05) is 13.1 Å². The summed E-state index contributed by atoms with van der Waals surface area (Å²) in [6, 6.07) is 10.9. The van der Waals surface area contributed by atoms with E-state index in [1.165, 1.54) is 18.2 Å². The Morgan fingerprint density at radius 2 is 1.76 bits per heavy atom. The minimum absolute atomic E-state index is 0.00465. The van der Waals surface area contributed by atoms with Crippen LogP contribution in [0.4, 0.5) is 5.69 Å². The lowest BCUT2D eigenvalue weighted by atomic mass is 10.1. The van der Waals surface area contributed by atoms with E-state index in [-0.39, 0.29) is 22.4 Å². The fraction of sp³-hybridized carbons (Fsp3) is 0.278. The monoisotopic (exact) mass is 360 g/mol. The summed E-state index contributed by atoms with van der Waals surface area (Å²) in [5.41, 5.74) is 0.365. The van der Waals surface area contributed by atoms with Crippen molar-refractivity contribution in [3.05, 3.63) is 63.2 Å². The predicted molar refractivity (Wildman–Crippen MR) is 94.4 cm³/mol. The number of halogens is 1. The van der Waals surface area contributed by atoms with Gasteiger partial charge in [0.2, 0.25) is 5.75 Å².